The molecule has 6 rings (SSSR count). The zero-order valence-electron chi connectivity index (χ0n) is 30.0. The van der Waals surface area contributed by atoms with E-state index >= 15 is 0 Å². The number of oxime groups is 1. The maximum absolute atomic E-state index is 13.9. The first-order chi connectivity index (χ1) is 24.9. The molecule has 1 amide bonds. The molecule has 0 spiro atoms. The van der Waals surface area contributed by atoms with Crippen LogP contribution in [0.5, 0.6) is 11.5 Å². The van der Waals surface area contributed by atoms with Crippen LogP contribution in [-0.4, -0.2) is 72.0 Å². The van der Waals surface area contributed by atoms with Gasteiger partial charge in [-0.25, -0.2) is 0 Å². The van der Waals surface area contributed by atoms with E-state index in [2.05, 4.69) is 25.3 Å². The van der Waals surface area contributed by atoms with E-state index < -0.39 is 11.8 Å². The Morgan fingerprint density at radius 3 is 2.47 bits per heavy atom. The fourth-order valence-corrected chi connectivity index (χ4v) is 8.50. The third-order valence-corrected chi connectivity index (χ3v) is 11.0. The summed E-state index contributed by atoms with van der Waals surface area (Å²) in [6.07, 6.45) is 12.9. The molecule has 2 aromatic carbocycles. The minimum Gasteiger partial charge on any atom is -0.490 e. The summed E-state index contributed by atoms with van der Waals surface area (Å²) in [7, 11) is 1.88. The van der Waals surface area contributed by atoms with Crippen LogP contribution < -0.4 is 9.47 Å². The Labute approximate surface area is 302 Å². The van der Waals surface area contributed by atoms with Crippen molar-refractivity contribution in [1.82, 2.24) is 4.90 Å². The number of rotatable bonds is 19. The highest BCUT2D eigenvalue weighted by atomic mass is 16.7. The van der Waals surface area contributed by atoms with Crippen molar-refractivity contribution in [1.29, 1.82) is 0 Å². The van der Waals surface area contributed by atoms with Gasteiger partial charge in [0, 0.05) is 44.1 Å². The number of carbonyl (C=O) groups is 1. The molecule has 0 aromatic heterocycles. The topological polar surface area (TPSA) is 110 Å². The van der Waals surface area contributed by atoms with Gasteiger partial charge < -0.3 is 34.2 Å². The lowest BCUT2D eigenvalue weighted by atomic mass is 9.55. The number of likely N-dealkylation sites (N-methyl/N-ethyl adjacent to an activating group) is 1. The van der Waals surface area contributed by atoms with Crippen molar-refractivity contribution < 1.29 is 34.1 Å². The zero-order valence-corrected chi connectivity index (χ0v) is 30.0. The lowest BCUT2D eigenvalue weighted by Gasteiger charge is -2.59. The summed E-state index contributed by atoms with van der Waals surface area (Å²) in [5.41, 5.74) is 3.87. The average molecular weight is 699 g/mol. The summed E-state index contributed by atoms with van der Waals surface area (Å²) in [4.78, 5) is 21.9. The number of fused-ring (bicyclic) bond motifs is 2. The van der Waals surface area contributed by atoms with Crippen LogP contribution in [-0.2, 0) is 21.0 Å². The third-order valence-electron chi connectivity index (χ3n) is 11.0. The number of hydrogen-bond donors (Lipinski definition) is 2. The van der Waals surface area contributed by atoms with Crippen LogP contribution in [0.25, 0.3) is 0 Å². The van der Waals surface area contributed by atoms with Crippen LogP contribution in [0.1, 0.15) is 74.8 Å². The third kappa shape index (κ3) is 7.96. The smallest absolute Gasteiger partial charge is 0.239 e. The van der Waals surface area contributed by atoms with E-state index in [0.717, 1.165) is 73.1 Å². The van der Waals surface area contributed by atoms with Gasteiger partial charge in [0.1, 0.15) is 30.8 Å². The molecule has 2 N–H and O–H groups in total. The van der Waals surface area contributed by atoms with Crippen molar-refractivity contribution in [3.05, 3.63) is 96.6 Å². The van der Waals surface area contributed by atoms with Gasteiger partial charge in [0.25, 0.3) is 0 Å². The Kier molecular flexibility index (Phi) is 12.3. The maximum Gasteiger partial charge on any atom is 0.239 e. The Morgan fingerprint density at radius 2 is 1.76 bits per heavy atom. The molecule has 2 fully saturated rings. The number of aliphatic hydroxyl groups excluding tert-OH is 2. The Bertz CT molecular complexity index is 1570. The number of aliphatic hydroxyl groups is 2. The zero-order chi connectivity index (χ0) is 35.8. The molecule has 2 aromatic rings. The van der Waals surface area contributed by atoms with Gasteiger partial charge in [-0.05, 0) is 79.7 Å². The largest absolute Gasteiger partial charge is 0.490 e. The Hall–Kier alpha value is -3.92. The van der Waals surface area contributed by atoms with E-state index in [1.54, 1.807) is 12.2 Å². The molecule has 0 saturated heterocycles. The van der Waals surface area contributed by atoms with Gasteiger partial charge in [-0.2, -0.15) is 0 Å². The predicted octanol–water partition coefficient (Wildman–Crippen LogP) is 6.95. The molecule has 4 aliphatic rings. The van der Waals surface area contributed by atoms with Crippen molar-refractivity contribution in [3.8, 4) is 11.5 Å². The molecule has 6 atom stereocenters. The summed E-state index contributed by atoms with van der Waals surface area (Å²) in [6.45, 7) is 9.04. The van der Waals surface area contributed by atoms with E-state index in [1.807, 2.05) is 54.4 Å². The van der Waals surface area contributed by atoms with Crippen LogP contribution in [0.2, 0.25) is 0 Å². The molecule has 2 saturated carbocycles. The lowest BCUT2D eigenvalue weighted by molar-refractivity contribution is -0.255. The quantitative estimate of drug-likeness (QED) is 0.0928. The number of unbranched alkanes of at least 4 members (excludes halogenated alkanes) is 2. The van der Waals surface area contributed by atoms with E-state index in [1.165, 1.54) is 0 Å². The molecule has 51 heavy (non-hydrogen) atoms. The monoisotopic (exact) mass is 698 g/mol. The van der Waals surface area contributed by atoms with Crippen LogP contribution >= 0.6 is 0 Å². The molecule has 9 heteroatoms. The number of nitrogens with zero attached hydrogens (tertiary/aromatic N) is 2. The van der Waals surface area contributed by atoms with Gasteiger partial charge in [0.15, 0.2) is 0 Å². The van der Waals surface area contributed by atoms with E-state index in [4.69, 9.17) is 24.2 Å². The van der Waals surface area contributed by atoms with Crippen LogP contribution in [0, 0.1) is 23.7 Å². The van der Waals surface area contributed by atoms with Crippen LogP contribution in [0.3, 0.4) is 0 Å². The maximum atomic E-state index is 13.9. The second-order valence-electron chi connectivity index (χ2n) is 14.4. The summed E-state index contributed by atoms with van der Waals surface area (Å²) >= 11 is 0. The number of benzene rings is 2. The Morgan fingerprint density at radius 1 is 1.02 bits per heavy atom. The van der Waals surface area contributed by atoms with Crippen molar-refractivity contribution in [3.63, 3.8) is 0 Å². The number of hydrogen-bond acceptors (Lipinski definition) is 8. The average Bonchev–Trinajstić information content (AvgIpc) is 4.00. The number of ether oxygens (including phenoxy) is 3. The normalized spacial score (nSPS) is 27.0. The molecule has 1 heterocycles. The highest BCUT2D eigenvalue weighted by molar-refractivity contribution is 6.03. The molecule has 6 unspecified atom stereocenters. The Balaban J connectivity index is 1.54. The molecular weight excluding hydrogens is 644 g/mol. The second-order valence-corrected chi connectivity index (χ2v) is 14.4. The lowest BCUT2D eigenvalue weighted by Crippen LogP contribution is -2.69. The van der Waals surface area contributed by atoms with Crippen LogP contribution in [0.15, 0.2) is 90.6 Å². The number of allylic oxidation sites excluding steroid dienone is 1. The number of carbonyl (C=O) groups excluding carboxylic acids is 1. The van der Waals surface area contributed by atoms with Crippen molar-refractivity contribution in [2.75, 3.05) is 33.5 Å². The minimum absolute atomic E-state index is 0.00263. The highest BCUT2D eigenvalue weighted by Gasteiger charge is 2.65. The first kappa shape index (κ1) is 36.9. The summed E-state index contributed by atoms with van der Waals surface area (Å²) in [5.74, 6) is 0.202. The van der Waals surface area contributed by atoms with Gasteiger partial charge in [0.05, 0.1) is 18.2 Å². The van der Waals surface area contributed by atoms with Crippen LogP contribution in [0.4, 0.5) is 0 Å². The van der Waals surface area contributed by atoms with Crippen molar-refractivity contribution in [2.24, 2.45) is 28.8 Å². The van der Waals surface area contributed by atoms with E-state index in [-0.39, 0.29) is 55.3 Å². The van der Waals surface area contributed by atoms with Gasteiger partial charge in [-0.3, -0.25) is 4.79 Å². The first-order valence-electron chi connectivity index (χ1n) is 18.7. The SMILES string of the molecule is C=CCOc1ccc2c(c1)C1C(CCCCO)C(CCCCO)C=C3C(=NOCc4ccccc4)CC(N(C)C(=O)C4CC4)C(OCC=C)(O2)C31. The molecule has 9 nitrogen and oxygen atoms in total. The minimum atomic E-state index is -1.23. The molecular formula is C42H54N2O7. The second kappa shape index (κ2) is 17.1. The van der Waals surface area contributed by atoms with Gasteiger partial charge in [-0.15, -0.1) is 6.58 Å². The molecule has 274 valence electrons. The first-order valence-corrected chi connectivity index (χ1v) is 18.7. The van der Waals surface area contributed by atoms with Gasteiger partial charge >= 0.3 is 0 Å². The fourth-order valence-electron chi connectivity index (χ4n) is 8.50. The molecule has 0 radical (unpaired) electrons. The molecule has 0 bridgehead atoms. The summed E-state index contributed by atoms with van der Waals surface area (Å²) in [5, 5.41) is 24.4. The van der Waals surface area contributed by atoms with Crippen molar-refractivity contribution >= 4 is 11.6 Å². The van der Waals surface area contributed by atoms with Gasteiger partial charge in [0.2, 0.25) is 11.7 Å². The number of amides is 1. The highest BCUT2D eigenvalue weighted by Crippen LogP contribution is 2.62. The predicted molar refractivity (Wildman–Crippen MR) is 197 cm³/mol. The van der Waals surface area contributed by atoms with Gasteiger partial charge in [-0.1, -0.05) is 73.1 Å². The van der Waals surface area contributed by atoms with Crippen molar-refractivity contribution in [2.45, 2.75) is 82.1 Å². The van der Waals surface area contributed by atoms with E-state index in [0.29, 0.717) is 31.8 Å². The van der Waals surface area contributed by atoms with E-state index in [9.17, 15) is 15.0 Å². The standard InChI is InChI=1S/C42H54N2O7/c1-4-23-48-32-19-20-37-35(26-32)39-33(16-10-12-22-46)31(15-9-11-21-45)25-34-36(43-50-28-29-13-7-6-8-14-29)27-38(44(3)41(47)30-17-18-30)42(51-37,40(34)39)49-24-5-2/h4-8,13-14,19-20,25-26,30-31,33,38-40,45-46H,1-2,9-12,15-18,21-24,27-28H2,3H3. The molecule has 1 aliphatic heterocycles. The summed E-state index contributed by atoms with van der Waals surface area (Å²) in [6, 6.07) is 15.5. The summed E-state index contributed by atoms with van der Waals surface area (Å²) < 4.78 is 20.2. The fraction of sp³-hybridized carbons (Fsp3) is 0.524. The molecule has 3 aliphatic carbocycles.